The molecular formula is C17H19BrINO. The number of hydrogen-bond acceptors (Lipinski definition) is 2. The van der Waals surface area contributed by atoms with Crippen molar-refractivity contribution in [2.45, 2.75) is 32.4 Å². The molecule has 0 bridgehead atoms. The van der Waals surface area contributed by atoms with Crippen molar-refractivity contribution in [2.24, 2.45) is 5.73 Å². The van der Waals surface area contributed by atoms with Crippen LogP contribution in [0.25, 0.3) is 0 Å². The second kappa shape index (κ2) is 8.15. The Morgan fingerprint density at radius 3 is 2.57 bits per heavy atom. The molecule has 0 aliphatic rings. The van der Waals surface area contributed by atoms with Gasteiger partial charge in [0.2, 0.25) is 0 Å². The normalized spacial score (nSPS) is 12.2. The highest BCUT2D eigenvalue weighted by atomic mass is 127. The van der Waals surface area contributed by atoms with Gasteiger partial charge in [0.25, 0.3) is 0 Å². The van der Waals surface area contributed by atoms with Crippen LogP contribution in [-0.4, -0.2) is 6.04 Å². The quantitative estimate of drug-likeness (QED) is 0.622. The molecule has 0 radical (unpaired) electrons. The maximum Gasteiger partial charge on any atom is 0.123 e. The molecule has 0 fully saturated rings. The molecule has 1 atom stereocenters. The Hall–Kier alpha value is -0.590. The highest BCUT2D eigenvalue weighted by Crippen LogP contribution is 2.25. The van der Waals surface area contributed by atoms with Crippen LogP contribution in [0, 0.1) is 3.57 Å². The first kappa shape index (κ1) is 16.8. The van der Waals surface area contributed by atoms with Crippen molar-refractivity contribution >= 4 is 38.5 Å². The van der Waals surface area contributed by atoms with Crippen LogP contribution >= 0.6 is 38.5 Å². The van der Waals surface area contributed by atoms with Crippen LogP contribution in [0.4, 0.5) is 0 Å². The number of nitrogens with two attached hydrogens (primary N) is 1. The molecule has 0 saturated heterocycles. The van der Waals surface area contributed by atoms with E-state index in [1.807, 2.05) is 12.1 Å². The summed E-state index contributed by atoms with van der Waals surface area (Å²) in [4.78, 5) is 0. The minimum Gasteiger partial charge on any atom is -0.489 e. The minimum atomic E-state index is 0.167. The number of ether oxygens (including phenoxy) is 1. The molecule has 2 aromatic carbocycles. The van der Waals surface area contributed by atoms with E-state index in [1.54, 1.807) is 0 Å². The third-order valence-corrected chi connectivity index (χ3v) is 4.55. The highest BCUT2D eigenvalue weighted by molar-refractivity contribution is 14.1. The molecule has 0 aliphatic carbocycles. The molecule has 0 amide bonds. The molecule has 2 nitrogen and oxygen atoms in total. The number of benzene rings is 2. The van der Waals surface area contributed by atoms with Crippen molar-refractivity contribution in [1.82, 2.24) is 0 Å². The topological polar surface area (TPSA) is 35.2 Å². The first-order chi connectivity index (χ1) is 10.1. The average Bonchev–Trinajstić information content (AvgIpc) is 2.48. The van der Waals surface area contributed by atoms with Crippen molar-refractivity contribution in [3.63, 3.8) is 0 Å². The average molecular weight is 460 g/mol. The Labute approximate surface area is 148 Å². The standard InChI is InChI=1S/C17H19BrINO/c1-2-16(20)10-13-9-14(18)5-8-17(13)21-11-12-3-6-15(19)7-4-12/h3-9,16H,2,10-11,20H2,1H3. The lowest BCUT2D eigenvalue weighted by atomic mass is 10.0. The fourth-order valence-electron chi connectivity index (χ4n) is 2.02. The van der Waals surface area contributed by atoms with Gasteiger partial charge in [0.15, 0.2) is 0 Å². The fraction of sp³-hybridized carbons (Fsp3) is 0.294. The Morgan fingerprint density at radius 2 is 1.90 bits per heavy atom. The van der Waals surface area contributed by atoms with Crippen LogP contribution in [0.1, 0.15) is 24.5 Å². The Balaban J connectivity index is 2.09. The fourth-order valence-corrected chi connectivity index (χ4v) is 2.78. The van der Waals surface area contributed by atoms with E-state index in [0.717, 1.165) is 28.6 Å². The van der Waals surface area contributed by atoms with Crippen LogP contribution in [0.5, 0.6) is 5.75 Å². The molecule has 4 heteroatoms. The monoisotopic (exact) mass is 459 g/mol. The van der Waals surface area contributed by atoms with E-state index in [1.165, 1.54) is 9.13 Å². The predicted molar refractivity (Wildman–Crippen MR) is 99.6 cm³/mol. The zero-order valence-corrected chi connectivity index (χ0v) is 15.7. The van der Waals surface area contributed by atoms with Gasteiger partial charge < -0.3 is 10.5 Å². The van der Waals surface area contributed by atoms with E-state index in [9.17, 15) is 0 Å². The van der Waals surface area contributed by atoms with E-state index < -0.39 is 0 Å². The summed E-state index contributed by atoms with van der Waals surface area (Å²) in [7, 11) is 0. The van der Waals surface area contributed by atoms with Crippen molar-refractivity contribution in [3.05, 3.63) is 61.6 Å². The van der Waals surface area contributed by atoms with Crippen molar-refractivity contribution < 1.29 is 4.74 Å². The second-order valence-electron chi connectivity index (χ2n) is 5.04. The molecule has 0 spiro atoms. The summed E-state index contributed by atoms with van der Waals surface area (Å²) >= 11 is 5.82. The molecule has 2 rings (SSSR count). The molecule has 1 unspecified atom stereocenters. The minimum absolute atomic E-state index is 0.167. The van der Waals surface area contributed by atoms with Gasteiger partial charge in [0, 0.05) is 14.1 Å². The molecule has 2 aromatic rings. The first-order valence-corrected chi connectivity index (χ1v) is 8.87. The molecule has 0 saturated carbocycles. The molecule has 0 aromatic heterocycles. The smallest absolute Gasteiger partial charge is 0.123 e. The van der Waals surface area contributed by atoms with Gasteiger partial charge >= 0.3 is 0 Å². The first-order valence-electron chi connectivity index (χ1n) is 6.99. The number of hydrogen-bond donors (Lipinski definition) is 1. The van der Waals surface area contributed by atoms with E-state index in [0.29, 0.717) is 6.61 Å². The summed E-state index contributed by atoms with van der Waals surface area (Å²) < 4.78 is 8.27. The lowest BCUT2D eigenvalue weighted by molar-refractivity contribution is 0.302. The van der Waals surface area contributed by atoms with Crippen molar-refractivity contribution in [3.8, 4) is 5.75 Å². The van der Waals surface area contributed by atoms with Gasteiger partial charge in [-0.05, 0) is 76.9 Å². The molecule has 0 aliphatic heterocycles. The largest absolute Gasteiger partial charge is 0.489 e. The van der Waals surface area contributed by atoms with Crippen LogP contribution in [0.2, 0.25) is 0 Å². The van der Waals surface area contributed by atoms with Gasteiger partial charge in [-0.1, -0.05) is 35.0 Å². The summed E-state index contributed by atoms with van der Waals surface area (Å²) in [6.07, 6.45) is 1.79. The summed E-state index contributed by atoms with van der Waals surface area (Å²) in [5, 5.41) is 0. The zero-order chi connectivity index (χ0) is 15.2. The van der Waals surface area contributed by atoms with Gasteiger partial charge in [0.1, 0.15) is 12.4 Å². The maximum absolute atomic E-state index is 6.08. The van der Waals surface area contributed by atoms with E-state index in [-0.39, 0.29) is 6.04 Å². The predicted octanol–water partition coefficient (Wildman–Crippen LogP) is 4.91. The third kappa shape index (κ3) is 5.27. The van der Waals surface area contributed by atoms with Gasteiger partial charge in [0.05, 0.1) is 0 Å². The van der Waals surface area contributed by atoms with Crippen molar-refractivity contribution in [2.75, 3.05) is 0 Å². The summed E-state index contributed by atoms with van der Waals surface area (Å²) in [6, 6.07) is 14.6. The Morgan fingerprint density at radius 1 is 1.19 bits per heavy atom. The van der Waals surface area contributed by atoms with Crippen LogP contribution < -0.4 is 10.5 Å². The summed E-state index contributed by atoms with van der Waals surface area (Å²) in [6.45, 7) is 2.68. The molecule has 112 valence electrons. The third-order valence-electron chi connectivity index (χ3n) is 3.34. The van der Waals surface area contributed by atoms with Gasteiger partial charge in [-0.15, -0.1) is 0 Å². The summed E-state index contributed by atoms with van der Waals surface area (Å²) in [5.74, 6) is 0.917. The SMILES string of the molecule is CCC(N)Cc1cc(Br)ccc1OCc1ccc(I)cc1. The zero-order valence-electron chi connectivity index (χ0n) is 12.0. The van der Waals surface area contributed by atoms with Crippen LogP contribution in [-0.2, 0) is 13.0 Å². The Kier molecular flexibility index (Phi) is 6.51. The second-order valence-corrected chi connectivity index (χ2v) is 7.20. The number of rotatable bonds is 6. The highest BCUT2D eigenvalue weighted by Gasteiger charge is 2.09. The number of halogens is 2. The molecule has 2 N–H and O–H groups in total. The molecule has 0 heterocycles. The lowest BCUT2D eigenvalue weighted by Crippen LogP contribution is -2.21. The van der Waals surface area contributed by atoms with Gasteiger partial charge in [-0.25, -0.2) is 0 Å². The lowest BCUT2D eigenvalue weighted by Gasteiger charge is -2.15. The van der Waals surface area contributed by atoms with E-state index >= 15 is 0 Å². The maximum atomic E-state index is 6.08. The van der Waals surface area contributed by atoms with Crippen molar-refractivity contribution in [1.29, 1.82) is 0 Å². The van der Waals surface area contributed by atoms with E-state index in [2.05, 4.69) is 75.8 Å². The van der Waals surface area contributed by atoms with E-state index in [4.69, 9.17) is 10.5 Å². The van der Waals surface area contributed by atoms with Crippen LogP contribution in [0.15, 0.2) is 46.9 Å². The molecular weight excluding hydrogens is 441 g/mol. The Bertz CT molecular complexity index is 586. The van der Waals surface area contributed by atoms with Gasteiger partial charge in [-0.2, -0.15) is 0 Å². The molecule has 21 heavy (non-hydrogen) atoms. The summed E-state index contributed by atoms with van der Waals surface area (Å²) in [5.41, 5.74) is 8.40. The van der Waals surface area contributed by atoms with Crippen LogP contribution in [0.3, 0.4) is 0 Å². The van der Waals surface area contributed by atoms with Gasteiger partial charge in [-0.3, -0.25) is 0 Å².